The van der Waals surface area contributed by atoms with Crippen molar-refractivity contribution in [2.45, 2.75) is 38.5 Å². The van der Waals surface area contributed by atoms with Crippen molar-refractivity contribution in [3.63, 3.8) is 0 Å². The van der Waals surface area contributed by atoms with E-state index < -0.39 is 0 Å². The molecule has 20 heavy (non-hydrogen) atoms. The SMILES string of the molecule is CCCCC[C@@H]1C(=O)Nc2ccccc2[C@@H]1C[N+](=O)[O-]. The van der Waals surface area contributed by atoms with Gasteiger partial charge in [0.25, 0.3) is 0 Å². The Kier molecular flexibility index (Phi) is 4.71. The molecule has 108 valence electrons. The predicted octanol–water partition coefficient (Wildman–Crippen LogP) is 3.20. The molecular weight excluding hydrogens is 256 g/mol. The van der Waals surface area contributed by atoms with Crippen molar-refractivity contribution < 1.29 is 9.72 Å². The lowest BCUT2D eigenvalue weighted by Crippen LogP contribution is -2.36. The standard InChI is InChI=1S/C15H20N2O3/c1-2-3-4-8-12-13(10-17(19)20)11-7-5-6-9-14(11)16-15(12)18/h5-7,9,12-13H,2-4,8,10H2,1H3,(H,16,18)/t12-,13-/m0/s1. The third-order valence-corrected chi connectivity index (χ3v) is 3.91. The van der Waals surface area contributed by atoms with Crippen molar-refractivity contribution >= 4 is 11.6 Å². The number of carbonyl (C=O) groups excluding carboxylic acids is 1. The Morgan fingerprint density at radius 2 is 2.00 bits per heavy atom. The van der Waals surface area contributed by atoms with Crippen molar-refractivity contribution in [2.24, 2.45) is 5.92 Å². The van der Waals surface area contributed by atoms with Gasteiger partial charge in [0.15, 0.2) is 0 Å². The Morgan fingerprint density at radius 3 is 2.70 bits per heavy atom. The van der Waals surface area contributed by atoms with Crippen LogP contribution in [0.1, 0.15) is 44.1 Å². The summed E-state index contributed by atoms with van der Waals surface area (Å²) >= 11 is 0. The van der Waals surface area contributed by atoms with Crippen LogP contribution < -0.4 is 5.32 Å². The number of rotatable bonds is 6. The minimum absolute atomic E-state index is 0.0772. The van der Waals surface area contributed by atoms with Crippen LogP contribution in [0.3, 0.4) is 0 Å². The number of para-hydroxylation sites is 1. The van der Waals surface area contributed by atoms with Gasteiger partial charge in [-0.25, -0.2) is 0 Å². The third-order valence-electron chi connectivity index (χ3n) is 3.91. The minimum Gasteiger partial charge on any atom is -0.326 e. The molecule has 0 saturated heterocycles. The Labute approximate surface area is 118 Å². The molecule has 0 unspecified atom stereocenters. The Bertz CT molecular complexity index is 502. The number of amides is 1. The molecule has 1 aromatic carbocycles. The summed E-state index contributed by atoms with van der Waals surface area (Å²) in [7, 11) is 0. The summed E-state index contributed by atoms with van der Waals surface area (Å²) in [5.41, 5.74) is 1.61. The maximum atomic E-state index is 12.2. The monoisotopic (exact) mass is 276 g/mol. The van der Waals surface area contributed by atoms with E-state index in [1.54, 1.807) is 0 Å². The Balaban J connectivity index is 2.25. The zero-order valence-electron chi connectivity index (χ0n) is 11.7. The van der Waals surface area contributed by atoms with E-state index in [-0.39, 0.29) is 29.2 Å². The van der Waals surface area contributed by atoms with Gasteiger partial charge in [-0.2, -0.15) is 0 Å². The van der Waals surface area contributed by atoms with E-state index in [1.807, 2.05) is 24.3 Å². The smallest absolute Gasteiger partial charge is 0.228 e. The third kappa shape index (κ3) is 3.15. The summed E-state index contributed by atoms with van der Waals surface area (Å²) in [6.07, 6.45) is 3.78. The molecule has 5 nitrogen and oxygen atoms in total. The van der Waals surface area contributed by atoms with Crippen LogP contribution in [0, 0.1) is 16.0 Å². The lowest BCUT2D eigenvalue weighted by molar-refractivity contribution is -0.484. The molecule has 2 atom stereocenters. The van der Waals surface area contributed by atoms with Crippen LogP contribution in [0.4, 0.5) is 5.69 Å². The van der Waals surface area contributed by atoms with E-state index in [2.05, 4.69) is 12.2 Å². The Hall–Kier alpha value is -1.91. The van der Waals surface area contributed by atoms with Crippen molar-refractivity contribution in [2.75, 3.05) is 11.9 Å². The van der Waals surface area contributed by atoms with Gasteiger partial charge in [0.1, 0.15) is 0 Å². The summed E-state index contributed by atoms with van der Waals surface area (Å²) in [6.45, 7) is 1.92. The lowest BCUT2D eigenvalue weighted by Gasteiger charge is -2.30. The lowest BCUT2D eigenvalue weighted by atomic mass is 9.79. The number of hydrogen-bond acceptors (Lipinski definition) is 3. The van der Waals surface area contributed by atoms with Gasteiger partial charge in [-0.05, 0) is 18.1 Å². The molecule has 0 aliphatic carbocycles. The summed E-state index contributed by atoms with van der Waals surface area (Å²) in [6, 6.07) is 7.39. The fourth-order valence-corrected chi connectivity index (χ4v) is 2.89. The summed E-state index contributed by atoms with van der Waals surface area (Å²) < 4.78 is 0. The van der Waals surface area contributed by atoms with Gasteiger partial charge in [-0.1, -0.05) is 44.4 Å². The second kappa shape index (κ2) is 6.50. The van der Waals surface area contributed by atoms with Gasteiger partial charge in [0.2, 0.25) is 12.5 Å². The summed E-state index contributed by atoms with van der Waals surface area (Å²) in [4.78, 5) is 22.8. The van der Waals surface area contributed by atoms with Crippen LogP contribution in [0.2, 0.25) is 0 Å². The molecule has 5 heteroatoms. The molecular formula is C15H20N2O3. The summed E-state index contributed by atoms with van der Waals surface area (Å²) in [5, 5.41) is 13.8. The quantitative estimate of drug-likeness (QED) is 0.492. The number of benzene rings is 1. The van der Waals surface area contributed by atoms with E-state index in [4.69, 9.17) is 0 Å². The topological polar surface area (TPSA) is 72.2 Å². The molecule has 0 saturated carbocycles. The molecule has 0 bridgehead atoms. The average Bonchev–Trinajstić information content (AvgIpc) is 2.41. The van der Waals surface area contributed by atoms with Crippen LogP contribution in [-0.4, -0.2) is 17.4 Å². The van der Waals surface area contributed by atoms with Crippen LogP contribution >= 0.6 is 0 Å². The minimum atomic E-state index is -0.313. The number of hydrogen-bond donors (Lipinski definition) is 1. The number of carbonyl (C=O) groups is 1. The number of fused-ring (bicyclic) bond motifs is 1. The maximum Gasteiger partial charge on any atom is 0.228 e. The van der Waals surface area contributed by atoms with E-state index in [9.17, 15) is 14.9 Å². The maximum absolute atomic E-state index is 12.2. The van der Waals surface area contributed by atoms with Crippen LogP contribution in [-0.2, 0) is 4.79 Å². The molecule has 1 heterocycles. The highest BCUT2D eigenvalue weighted by Gasteiger charge is 2.38. The van der Waals surface area contributed by atoms with Gasteiger partial charge in [0.05, 0.1) is 11.8 Å². The van der Waals surface area contributed by atoms with Crippen LogP contribution in [0.15, 0.2) is 24.3 Å². The largest absolute Gasteiger partial charge is 0.326 e. The highest BCUT2D eigenvalue weighted by atomic mass is 16.6. The zero-order chi connectivity index (χ0) is 14.5. The van der Waals surface area contributed by atoms with Crippen LogP contribution in [0.5, 0.6) is 0 Å². The molecule has 1 aliphatic rings. The first-order valence-electron chi connectivity index (χ1n) is 7.15. The molecule has 0 aromatic heterocycles. The molecule has 1 amide bonds. The Morgan fingerprint density at radius 1 is 1.25 bits per heavy atom. The highest BCUT2D eigenvalue weighted by molar-refractivity contribution is 5.96. The number of anilines is 1. The molecule has 0 fully saturated rings. The molecule has 1 aliphatic heterocycles. The van der Waals surface area contributed by atoms with Gasteiger partial charge in [-0.15, -0.1) is 0 Å². The number of nitrogens with one attached hydrogen (secondary N) is 1. The summed E-state index contributed by atoms with van der Waals surface area (Å²) in [5.74, 6) is -0.680. The second-order valence-corrected chi connectivity index (χ2v) is 5.30. The number of unbranched alkanes of at least 4 members (excludes halogenated alkanes) is 2. The van der Waals surface area contributed by atoms with Crippen molar-refractivity contribution in [3.8, 4) is 0 Å². The van der Waals surface area contributed by atoms with Gasteiger partial charge >= 0.3 is 0 Å². The fraction of sp³-hybridized carbons (Fsp3) is 0.533. The van der Waals surface area contributed by atoms with Gasteiger partial charge in [0, 0.05) is 10.6 Å². The molecule has 0 radical (unpaired) electrons. The van der Waals surface area contributed by atoms with E-state index in [1.165, 1.54) is 0 Å². The van der Waals surface area contributed by atoms with Crippen molar-refractivity contribution in [1.29, 1.82) is 0 Å². The average molecular weight is 276 g/mol. The first-order valence-corrected chi connectivity index (χ1v) is 7.15. The first kappa shape index (κ1) is 14.5. The highest BCUT2D eigenvalue weighted by Crippen LogP contribution is 2.38. The zero-order valence-corrected chi connectivity index (χ0v) is 11.7. The van der Waals surface area contributed by atoms with E-state index in [0.717, 1.165) is 30.5 Å². The van der Waals surface area contributed by atoms with Crippen LogP contribution in [0.25, 0.3) is 0 Å². The first-order chi connectivity index (χ1) is 9.63. The van der Waals surface area contributed by atoms with Crippen molar-refractivity contribution in [1.82, 2.24) is 0 Å². The second-order valence-electron chi connectivity index (χ2n) is 5.30. The number of nitro groups is 1. The molecule has 1 N–H and O–H groups in total. The van der Waals surface area contributed by atoms with E-state index >= 15 is 0 Å². The fourth-order valence-electron chi connectivity index (χ4n) is 2.89. The number of nitrogens with zero attached hydrogens (tertiary/aromatic N) is 1. The van der Waals surface area contributed by atoms with Gasteiger partial charge < -0.3 is 5.32 Å². The normalized spacial score (nSPS) is 21.1. The molecule has 2 rings (SSSR count). The predicted molar refractivity (Wildman–Crippen MR) is 77.3 cm³/mol. The van der Waals surface area contributed by atoms with E-state index in [0.29, 0.717) is 6.42 Å². The van der Waals surface area contributed by atoms with Gasteiger partial charge in [-0.3, -0.25) is 14.9 Å². The molecule has 0 spiro atoms. The van der Waals surface area contributed by atoms with Crippen molar-refractivity contribution in [3.05, 3.63) is 39.9 Å². The molecule has 1 aromatic rings.